The normalized spacial score (nSPS) is 20.4. The summed E-state index contributed by atoms with van der Waals surface area (Å²) in [5.74, 6) is 0.212. The van der Waals surface area contributed by atoms with E-state index in [0.29, 0.717) is 26.0 Å². The molecule has 2 aliphatic rings. The smallest absolute Gasteiger partial charge is 0.308 e. The maximum absolute atomic E-state index is 13.6. The van der Waals surface area contributed by atoms with Gasteiger partial charge in [-0.25, -0.2) is 0 Å². The number of aryl methyl sites for hydroxylation is 1. The predicted molar refractivity (Wildman–Crippen MR) is 153 cm³/mol. The molecule has 0 saturated carbocycles. The minimum absolute atomic E-state index is 0.103. The van der Waals surface area contributed by atoms with E-state index in [2.05, 4.69) is 24.8 Å². The van der Waals surface area contributed by atoms with Crippen molar-refractivity contribution in [2.24, 2.45) is 5.92 Å². The van der Waals surface area contributed by atoms with Crippen LogP contribution >= 0.6 is 0 Å². The maximum atomic E-state index is 13.6. The molecule has 7 heteroatoms. The molecule has 2 aromatic carbocycles. The van der Waals surface area contributed by atoms with Gasteiger partial charge in [-0.2, -0.15) is 0 Å². The van der Waals surface area contributed by atoms with E-state index in [1.54, 1.807) is 7.11 Å². The second-order valence-electron chi connectivity index (χ2n) is 10.9. The van der Waals surface area contributed by atoms with Crippen molar-refractivity contribution in [1.29, 1.82) is 0 Å². The van der Waals surface area contributed by atoms with E-state index < -0.39 is 11.9 Å². The molecule has 4 rings (SSSR count). The van der Waals surface area contributed by atoms with Gasteiger partial charge in [-0.05, 0) is 54.5 Å². The van der Waals surface area contributed by atoms with Crippen LogP contribution in [0.5, 0.6) is 11.5 Å². The van der Waals surface area contributed by atoms with Crippen LogP contribution in [0.25, 0.3) is 0 Å². The number of likely N-dealkylation sites (tertiary alicyclic amines) is 1. The molecule has 1 fully saturated rings. The van der Waals surface area contributed by atoms with Gasteiger partial charge in [-0.15, -0.1) is 0 Å². The number of aliphatic carboxylic acids is 1. The highest BCUT2D eigenvalue weighted by molar-refractivity contribution is 5.79. The summed E-state index contributed by atoms with van der Waals surface area (Å²) in [4.78, 5) is 30.6. The Morgan fingerprint density at radius 3 is 2.54 bits per heavy atom. The van der Waals surface area contributed by atoms with Crippen molar-refractivity contribution in [3.63, 3.8) is 0 Å². The van der Waals surface area contributed by atoms with Gasteiger partial charge in [0.25, 0.3) is 0 Å². The molecule has 1 amide bonds. The highest BCUT2D eigenvalue weighted by Gasteiger charge is 2.47. The number of carboxylic acids is 1. The van der Waals surface area contributed by atoms with Gasteiger partial charge in [0.05, 0.1) is 26.2 Å². The van der Waals surface area contributed by atoms with Gasteiger partial charge in [-0.1, -0.05) is 57.0 Å². The fourth-order valence-electron chi connectivity index (χ4n) is 6.17. The van der Waals surface area contributed by atoms with Gasteiger partial charge in [0.2, 0.25) is 5.91 Å². The summed E-state index contributed by atoms with van der Waals surface area (Å²) >= 11 is 0. The van der Waals surface area contributed by atoms with E-state index in [-0.39, 0.29) is 24.4 Å². The number of ether oxygens (including phenoxy) is 2. The summed E-state index contributed by atoms with van der Waals surface area (Å²) in [6.45, 7) is 7.25. The number of carboxylic acid groups (broad SMARTS) is 1. The Labute approximate surface area is 233 Å². The molecule has 1 saturated heterocycles. The number of nitrogens with zero attached hydrogens (tertiary/aromatic N) is 2. The molecule has 0 unspecified atom stereocenters. The highest BCUT2D eigenvalue weighted by atomic mass is 16.5. The van der Waals surface area contributed by atoms with E-state index in [1.807, 2.05) is 41.3 Å². The third kappa shape index (κ3) is 6.93. The molecule has 1 N–H and O–H groups in total. The van der Waals surface area contributed by atoms with Gasteiger partial charge in [0.15, 0.2) is 0 Å². The van der Waals surface area contributed by atoms with Crippen molar-refractivity contribution < 1.29 is 24.2 Å². The Balaban J connectivity index is 1.61. The molecule has 39 heavy (non-hydrogen) atoms. The average Bonchev–Trinajstić information content (AvgIpc) is 3.56. The number of rotatable bonds is 14. The highest BCUT2D eigenvalue weighted by Crippen LogP contribution is 2.41. The Morgan fingerprint density at radius 2 is 1.85 bits per heavy atom. The molecular formula is C32H44N2O5. The number of fused-ring (bicyclic) bond motifs is 1. The second kappa shape index (κ2) is 13.8. The SMILES string of the molecule is CCCCN(CCCC)C(=O)CN1C[C@H](c2ccc3c(c2)CCO3)[C@@H](C(=O)O)[C@@H]1CCc1ccccc1OC. The van der Waals surface area contributed by atoms with Crippen molar-refractivity contribution in [3.8, 4) is 11.5 Å². The summed E-state index contributed by atoms with van der Waals surface area (Å²) in [5, 5.41) is 10.5. The summed E-state index contributed by atoms with van der Waals surface area (Å²) in [7, 11) is 1.66. The van der Waals surface area contributed by atoms with Crippen molar-refractivity contribution in [2.75, 3.05) is 39.9 Å². The first kappa shape index (κ1) is 28.9. The topological polar surface area (TPSA) is 79.3 Å². The van der Waals surface area contributed by atoms with Gasteiger partial charge in [-0.3, -0.25) is 14.5 Å². The molecule has 0 aliphatic carbocycles. The summed E-state index contributed by atoms with van der Waals surface area (Å²) < 4.78 is 11.3. The maximum Gasteiger partial charge on any atom is 0.308 e. The van der Waals surface area contributed by atoms with Crippen LogP contribution in [0.2, 0.25) is 0 Å². The van der Waals surface area contributed by atoms with E-state index in [1.165, 1.54) is 0 Å². The van der Waals surface area contributed by atoms with Crippen LogP contribution < -0.4 is 9.47 Å². The van der Waals surface area contributed by atoms with Crippen molar-refractivity contribution in [3.05, 3.63) is 59.2 Å². The van der Waals surface area contributed by atoms with Crippen LogP contribution in [0.4, 0.5) is 0 Å². The lowest BCUT2D eigenvalue weighted by atomic mass is 9.83. The molecule has 3 atom stereocenters. The molecular weight excluding hydrogens is 492 g/mol. The molecule has 0 radical (unpaired) electrons. The van der Waals surface area contributed by atoms with Crippen LogP contribution in [-0.2, 0) is 22.4 Å². The Morgan fingerprint density at radius 1 is 1.10 bits per heavy atom. The van der Waals surface area contributed by atoms with Gasteiger partial charge < -0.3 is 19.5 Å². The predicted octanol–water partition coefficient (Wildman–Crippen LogP) is 5.16. The third-order valence-corrected chi connectivity index (χ3v) is 8.33. The lowest BCUT2D eigenvalue weighted by Gasteiger charge is -2.30. The third-order valence-electron chi connectivity index (χ3n) is 8.33. The minimum atomic E-state index is -0.800. The number of para-hydroxylation sites is 1. The van der Waals surface area contributed by atoms with E-state index in [4.69, 9.17) is 9.47 Å². The number of methoxy groups -OCH3 is 1. The molecule has 2 aliphatic heterocycles. The number of benzene rings is 2. The Hall–Kier alpha value is -3.06. The molecule has 212 valence electrons. The molecule has 2 aromatic rings. The molecule has 0 bridgehead atoms. The number of amides is 1. The fraction of sp³-hybridized carbons (Fsp3) is 0.562. The van der Waals surface area contributed by atoms with Gasteiger partial charge in [0, 0.05) is 38.0 Å². The molecule has 0 spiro atoms. The van der Waals surface area contributed by atoms with Crippen LogP contribution in [0, 0.1) is 5.92 Å². The minimum Gasteiger partial charge on any atom is -0.496 e. The first-order valence-corrected chi connectivity index (χ1v) is 14.6. The van der Waals surface area contributed by atoms with Crippen LogP contribution in [0.15, 0.2) is 42.5 Å². The fourth-order valence-corrected chi connectivity index (χ4v) is 6.17. The van der Waals surface area contributed by atoms with Crippen LogP contribution in [-0.4, -0.2) is 72.7 Å². The zero-order valence-corrected chi connectivity index (χ0v) is 23.7. The first-order chi connectivity index (χ1) is 19.0. The zero-order valence-electron chi connectivity index (χ0n) is 23.7. The number of carbonyl (C=O) groups is 2. The lowest BCUT2D eigenvalue weighted by Crippen LogP contribution is -2.44. The van der Waals surface area contributed by atoms with Gasteiger partial charge >= 0.3 is 5.97 Å². The molecule has 7 nitrogen and oxygen atoms in total. The first-order valence-electron chi connectivity index (χ1n) is 14.6. The summed E-state index contributed by atoms with van der Waals surface area (Å²) in [6.07, 6.45) is 6.19. The van der Waals surface area contributed by atoms with Gasteiger partial charge in [0.1, 0.15) is 11.5 Å². The van der Waals surface area contributed by atoms with E-state index in [0.717, 1.165) is 73.4 Å². The standard InChI is InChI=1S/C32H44N2O5/c1-4-6-17-33(18-7-5-2)30(35)22-34-21-26(24-13-15-29-25(20-24)16-19-39-29)31(32(36)37)27(34)14-12-23-10-8-9-11-28(23)38-3/h8-11,13,15,20,26-27,31H,4-7,12,14,16-19,21-22H2,1-3H3,(H,36,37)/t26-,27+,31-/m1/s1. The Kier molecular flexibility index (Phi) is 10.3. The lowest BCUT2D eigenvalue weighted by molar-refractivity contribution is -0.143. The Bertz CT molecular complexity index is 1110. The number of hydrogen-bond donors (Lipinski definition) is 1. The number of unbranched alkanes of at least 4 members (excludes halogenated alkanes) is 2. The van der Waals surface area contributed by atoms with Crippen molar-refractivity contribution >= 4 is 11.9 Å². The second-order valence-corrected chi connectivity index (χ2v) is 10.9. The summed E-state index contributed by atoms with van der Waals surface area (Å²) in [6, 6.07) is 13.8. The molecule has 2 heterocycles. The van der Waals surface area contributed by atoms with Crippen LogP contribution in [0.3, 0.4) is 0 Å². The monoisotopic (exact) mass is 536 g/mol. The van der Waals surface area contributed by atoms with Crippen molar-refractivity contribution in [2.45, 2.75) is 70.8 Å². The largest absolute Gasteiger partial charge is 0.496 e. The van der Waals surface area contributed by atoms with Crippen molar-refractivity contribution in [1.82, 2.24) is 9.80 Å². The zero-order chi connectivity index (χ0) is 27.8. The average molecular weight is 537 g/mol. The van der Waals surface area contributed by atoms with E-state index in [9.17, 15) is 14.7 Å². The van der Waals surface area contributed by atoms with Crippen LogP contribution in [0.1, 0.15) is 68.6 Å². The summed E-state index contributed by atoms with van der Waals surface area (Å²) in [5.41, 5.74) is 3.22. The number of hydrogen-bond acceptors (Lipinski definition) is 5. The number of carbonyl (C=O) groups excluding carboxylic acids is 1. The molecule has 0 aromatic heterocycles. The van der Waals surface area contributed by atoms with E-state index >= 15 is 0 Å². The quantitative estimate of drug-likeness (QED) is 0.359.